The molecule has 2 aromatic heterocycles. The normalized spacial score (nSPS) is 10.5. The number of hydrogen-bond donors (Lipinski definition) is 1. The summed E-state index contributed by atoms with van der Waals surface area (Å²) < 4.78 is 0. The Balaban J connectivity index is 2.17. The third-order valence-electron chi connectivity index (χ3n) is 2.98. The summed E-state index contributed by atoms with van der Waals surface area (Å²) in [5, 5.41) is 3.91. The fraction of sp³-hybridized carbons (Fsp3) is 0.0625. The van der Waals surface area contributed by atoms with Crippen molar-refractivity contribution in [3.8, 4) is 21.7 Å². The van der Waals surface area contributed by atoms with E-state index < -0.39 is 0 Å². The van der Waals surface area contributed by atoms with Gasteiger partial charge in [0, 0.05) is 24.9 Å². The van der Waals surface area contributed by atoms with E-state index in [0.29, 0.717) is 10.2 Å². The number of carbonyl (C=O) groups is 1. The molecule has 3 aromatic rings. The highest BCUT2D eigenvalue weighted by molar-refractivity contribution is 7.19. The van der Waals surface area contributed by atoms with Crippen LogP contribution in [-0.2, 0) is 4.79 Å². The SMILES string of the molecule is CC(=O)Nc1nc(-c2ccccc2Cl)c(-c2ccncc2)s1. The van der Waals surface area contributed by atoms with E-state index in [1.165, 1.54) is 18.3 Å². The van der Waals surface area contributed by atoms with Crippen molar-refractivity contribution < 1.29 is 4.79 Å². The van der Waals surface area contributed by atoms with E-state index in [4.69, 9.17) is 11.6 Å². The number of benzene rings is 1. The molecule has 0 aliphatic carbocycles. The van der Waals surface area contributed by atoms with Gasteiger partial charge in [0.1, 0.15) is 0 Å². The molecule has 3 rings (SSSR count). The first kappa shape index (κ1) is 14.7. The van der Waals surface area contributed by atoms with E-state index in [1.54, 1.807) is 12.4 Å². The molecule has 0 saturated heterocycles. The van der Waals surface area contributed by atoms with Crippen LogP contribution in [0.3, 0.4) is 0 Å². The second-order valence-corrected chi connectivity index (χ2v) is 6.00. The van der Waals surface area contributed by atoms with Crippen LogP contribution in [0.25, 0.3) is 21.7 Å². The Kier molecular flexibility index (Phi) is 4.18. The van der Waals surface area contributed by atoms with E-state index in [9.17, 15) is 4.79 Å². The smallest absolute Gasteiger partial charge is 0.223 e. The quantitative estimate of drug-likeness (QED) is 0.770. The molecule has 0 radical (unpaired) electrons. The monoisotopic (exact) mass is 329 g/mol. The van der Waals surface area contributed by atoms with Crippen LogP contribution < -0.4 is 5.32 Å². The summed E-state index contributed by atoms with van der Waals surface area (Å²) in [4.78, 5) is 20.8. The number of halogens is 1. The molecule has 1 N–H and O–H groups in total. The summed E-state index contributed by atoms with van der Waals surface area (Å²) in [7, 11) is 0. The van der Waals surface area contributed by atoms with Gasteiger partial charge in [0.25, 0.3) is 0 Å². The minimum Gasteiger partial charge on any atom is -0.302 e. The average Bonchev–Trinajstić information content (AvgIpc) is 2.91. The van der Waals surface area contributed by atoms with Crippen molar-refractivity contribution in [2.24, 2.45) is 0 Å². The van der Waals surface area contributed by atoms with Crippen LogP contribution in [0.1, 0.15) is 6.92 Å². The lowest BCUT2D eigenvalue weighted by molar-refractivity contribution is -0.114. The molecule has 0 aliphatic heterocycles. The Hall–Kier alpha value is -2.24. The molecule has 0 unspecified atom stereocenters. The van der Waals surface area contributed by atoms with Gasteiger partial charge in [-0.25, -0.2) is 4.98 Å². The van der Waals surface area contributed by atoms with Gasteiger partial charge in [0.2, 0.25) is 5.91 Å². The highest BCUT2D eigenvalue weighted by Crippen LogP contribution is 2.40. The second kappa shape index (κ2) is 6.25. The fourth-order valence-corrected chi connectivity index (χ4v) is 3.32. The molecule has 22 heavy (non-hydrogen) atoms. The van der Waals surface area contributed by atoms with Crippen LogP contribution in [0.5, 0.6) is 0 Å². The number of carbonyl (C=O) groups excluding carboxylic acids is 1. The Labute approximate surface area is 136 Å². The van der Waals surface area contributed by atoms with Gasteiger partial charge < -0.3 is 5.32 Å². The van der Waals surface area contributed by atoms with Gasteiger partial charge in [-0.05, 0) is 23.8 Å². The number of rotatable bonds is 3. The largest absolute Gasteiger partial charge is 0.302 e. The number of anilines is 1. The molecule has 1 aromatic carbocycles. The maximum absolute atomic E-state index is 11.3. The zero-order valence-electron chi connectivity index (χ0n) is 11.7. The van der Waals surface area contributed by atoms with Crippen molar-refractivity contribution in [2.45, 2.75) is 6.92 Å². The zero-order chi connectivity index (χ0) is 15.5. The van der Waals surface area contributed by atoms with Crippen molar-refractivity contribution >= 4 is 34.0 Å². The van der Waals surface area contributed by atoms with Gasteiger partial charge in [0.15, 0.2) is 5.13 Å². The predicted octanol–water partition coefficient (Wildman–Crippen LogP) is 4.48. The lowest BCUT2D eigenvalue weighted by Gasteiger charge is -2.04. The number of thiazole rings is 1. The van der Waals surface area contributed by atoms with Crippen LogP contribution in [0.15, 0.2) is 48.8 Å². The minimum absolute atomic E-state index is 0.152. The van der Waals surface area contributed by atoms with Crippen LogP contribution in [0, 0.1) is 0 Å². The highest BCUT2D eigenvalue weighted by atomic mass is 35.5. The summed E-state index contributed by atoms with van der Waals surface area (Å²) >= 11 is 7.71. The Morgan fingerprint density at radius 1 is 1.18 bits per heavy atom. The van der Waals surface area contributed by atoms with Gasteiger partial charge in [-0.15, -0.1) is 0 Å². The molecule has 110 valence electrons. The molecule has 0 bridgehead atoms. The molecule has 2 heterocycles. The topological polar surface area (TPSA) is 54.9 Å². The molecule has 0 fully saturated rings. The first-order chi connectivity index (χ1) is 10.6. The molecule has 1 amide bonds. The number of amides is 1. The number of hydrogen-bond acceptors (Lipinski definition) is 4. The Bertz CT molecular complexity index is 817. The van der Waals surface area contributed by atoms with E-state index in [-0.39, 0.29) is 5.91 Å². The maximum atomic E-state index is 11.3. The summed E-state index contributed by atoms with van der Waals surface area (Å²) in [5.41, 5.74) is 2.58. The van der Waals surface area contributed by atoms with Crippen molar-refractivity contribution in [3.05, 3.63) is 53.8 Å². The third kappa shape index (κ3) is 3.00. The van der Waals surface area contributed by atoms with Crippen molar-refractivity contribution in [3.63, 3.8) is 0 Å². The fourth-order valence-electron chi connectivity index (χ4n) is 2.06. The lowest BCUT2D eigenvalue weighted by atomic mass is 10.1. The molecule has 6 heteroatoms. The number of nitrogens with one attached hydrogen (secondary N) is 1. The average molecular weight is 330 g/mol. The highest BCUT2D eigenvalue weighted by Gasteiger charge is 2.17. The first-order valence-electron chi connectivity index (χ1n) is 6.59. The van der Waals surface area contributed by atoms with Crippen LogP contribution in [0.4, 0.5) is 5.13 Å². The first-order valence-corrected chi connectivity index (χ1v) is 7.78. The third-order valence-corrected chi connectivity index (χ3v) is 4.33. The molecule has 0 spiro atoms. The van der Waals surface area contributed by atoms with Crippen LogP contribution in [0.2, 0.25) is 5.02 Å². The zero-order valence-corrected chi connectivity index (χ0v) is 13.3. The van der Waals surface area contributed by atoms with E-state index in [0.717, 1.165) is 21.7 Å². The van der Waals surface area contributed by atoms with Crippen LogP contribution >= 0.6 is 22.9 Å². The minimum atomic E-state index is -0.152. The Morgan fingerprint density at radius 3 is 2.59 bits per heavy atom. The van der Waals surface area contributed by atoms with Gasteiger partial charge >= 0.3 is 0 Å². The number of nitrogens with zero attached hydrogens (tertiary/aromatic N) is 2. The molecule has 0 aliphatic rings. The van der Waals surface area contributed by atoms with Crippen molar-refractivity contribution in [1.82, 2.24) is 9.97 Å². The number of aromatic nitrogens is 2. The van der Waals surface area contributed by atoms with Gasteiger partial charge in [-0.3, -0.25) is 9.78 Å². The predicted molar refractivity (Wildman–Crippen MR) is 90.1 cm³/mol. The molecular weight excluding hydrogens is 318 g/mol. The standard InChI is InChI=1S/C16H12ClN3OS/c1-10(21)19-16-20-14(12-4-2-3-5-13(12)17)15(22-16)11-6-8-18-9-7-11/h2-9H,1H3,(H,19,20,21). The molecular formula is C16H12ClN3OS. The van der Waals surface area contributed by atoms with Gasteiger partial charge in [-0.2, -0.15) is 0 Å². The Morgan fingerprint density at radius 2 is 1.91 bits per heavy atom. The van der Waals surface area contributed by atoms with Crippen molar-refractivity contribution in [2.75, 3.05) is 5.32 Å². The summed E-state index contributed by atoms with van der Waals surface area (Å²) in [5.74, 6) is -0.152. The summed E-state index contributed by atoms with van der Waals surface area (Å²) in [6.07, 6.45) is 3.45. The second-order valence-electron chi connectivity index (χ2n) is 4.59. The van der Waals surface area contributed by atoms with E-state index in [1.807, 2.05) is 36.4 Å². The summed E-state index contributed by atoms with van der Waals surface area (Å²) in [6.45, 7) is 1.46. The molecule has 0 saturated carbocycles. The van der Waals surface area contributed by atoms with E-state index >= 15 is 0 Å². The van der Waals surface area contributed by atoms with Crippen LogP contribution in [-0.4, -0.2) is 15.9 Å². The lowest BCUT2D eigenvalue weighted by Crippen LogP contribution is -2.04. The number of pyridine rings is 1. The molecule has 0 atom stereocenters. The maximum Gasteiger partial charge on any atom is 0.223 e. The molecule has 4 nitrogen and oxygen atoms in total. The van der Waals surface area contributed by atoms with Crippen molar-refractivity contribution in [1.29, 1.82) is 0 Å². The van der Waals surface area contributed by atoms with Gasteiger partial charge in [0.05, 0.1) is 15.6 Å². The summed E-state index contributed by atoms with van der Waals surface area (Å²) in [6, 6.07) is 11.3. The van der Waals surface area contributed by atoms with Gasteiger partial charge in [-0.1, -0.05) is 41.1 Å². The van der Waals surface area contributed by atoms with E-state index in [2.05, 4.69) is 15.3 Å².